The van der Waals surface area contributed by atoms with Crippen molar-refractivity contribution in [2.75, 3.05) is 0 Å². The molecule has 0 spiro atoms. The highest BCUT2D eigenvalue weighted by molar-refractivity contribution is 7.09. The fourth-order valence-corrected chi connectivity index (χ4v) is 3.33. The summed E-state index contributed by atoms with van der Waals surface area (Å²) in [7, 11) is 0. The summed E-state index contributed by atoms with van der Waals surface area (Å²) < 4.78 is 0. The van der Waals surface area contributed by atoms with E-state index >= 15 is 0 Å². The standard InChI is InChI=1S/C12H17NOS/c1-8(2)10-4-3-9(14)7-11(10)12-13-5-6-15-12/h5-6,8,10-11H,3-4,7H2,1-2H3. The zero-order chi connectivity index (χ0) is 10.8. The van der Waals surface area contributed by atoms with Gasteiger partial charge in [-0.05, 0) is 18.3 Å². The Morgan fingerprint density at radius 3 is 2.93 bits per heavy atom. The van der Waals surface area contributed by atoms with Crippen LogP contribution in [0.3, 0.4) is 0 Å². The molecule has 0 saturated heterocycles. The number of aromatic nitrogens is 1. The molecular weight excluding hydrogens is 206 g/mol. The van der Waals surface area contributed by atoms with Crippen molar-refractivity contribution in [2.24, 2.45) is 11.8 Å². The highest BCUT2D eigenvalue weighted by atomic mass is 32.1. The molecular formula is C12H17NOS. The van der Waals surface area contributed by atoms with Crippen LogP contribution in [0.5, 0.6) is 0 Å². The smallest absolute Gasteiger partial charge is 0.133 e. The first-order valence-electron chi connectivity index (χ1n) is 5.59. The second-order valence-electron chi connectivity index (χ2n) is 4.67. The SMILES string of the molecule is CC(C)C1CCC(=O)CC1c1nccs1. The van der Waals surface area contributed by atoms with E-state index in [9.17, 15) is 4.79 Å². The van der Waals surface area contributed by atoms with Crippen molar-refractivity contribution in [1.82, 2.24) is 4.98 Å². The van der Waals surface area contributed by atoms with Crippen LogP contribution in [0.2, 0.25) is 0 Å². The summed E-state index contributed by atoms with van der Waals surface area (Å²) in [4.78, 5) is 15.9. The van der Waals surface area contributed by atoms with Crippen molar-refractivity contribution in [3.05, 3.63) is 16.6 Å². The number of nitrogens with zero attached hydrogens (tertiary/aromatic N) is 1. The summed E-state index contributed by atoms with van der Waals surface area (Å²) in [5.41, 5.74) is 0. The Bertz CT molecular complexity index is 331. The van der Waals surface area contributed by atoms with Crippen molar-refractivity contribution in [1.29, 1.82) is 0 Å². The Morgan fingerprint density at radius 2 is 2.33 bits per heavy atom. The lowest BCUT2D eigenvalue weighted by molar-refractivity contribution is -0.121. The Labute approximate surface area is 94.7 Å². The molecule has 1 aliphatic rings. The molecule has 0 aromatic carbocycles. The first-order chi connectivity index (χ1) is 7.18. The van der Waals surface area contributed by atoms with Gasteiger partial charge in [-0.3, -0.25) is 4.79 Å². The fraction of sp³-hybridized carbons (Fsp3) is 0.667. The predicted molar refractivity (Wildman–Crippen MR) is 62.0 cm³/mol. The van der Waals surface area contributed by atoms with Gasteiger partial charge < -0.3 is 0 Å². The molecule has 1 saturated carbocycles. The minimum absolute atomic E-state index is 0.381. The molecule has 1 fully saturated rings. The van der Waals surface area contributed by atoms with E-state index in [0.717, 1.165) is 17.8 Å². The lowest BCUT2D eigenvalue weighted by Gasteiger charge is -2.32. The third-order valence-electron chi connectivity index (χ3n) is 3.35. The van der Waals surface area contributed by atoms with Crippen LogP contribution in [-0.2, 0) is 4.79 Å². The maximum absolute atomic E-state index is 11.5. The van der Waals surface area contributed by atoms with Crippen molar-refractivity contribution in [3.8, 4) is 0 Å². The van der Waals surface area contributed by atoms with Crippen LogP contribution in [0.15, 0.2) is 11.6 Å². The van der Waals surface area contributed by atoms with Crippen LogP contribution in [0.1, 0.15) is 44.0 Å². The number of carbonyl (C=O) groups is 1. The lowest BCUT2D eigenvalue weighted by Crippen LogP contribution is -2.26. The van der Waals surface area contributed by atoms with Crippen molar-refractivity contribution >= 4 is 17.1 Å². The topological polar surface area (TPSA) is 30.0 Å². The minimum Gasteiger partial charge on any atom is -0.300 e. The predicted octanol–water partition coefficient (Wildman–Crippen LogP) is 3.25. The quantitative estimate of drug-likeness (QED) is 0.770. The van der Waals surface area contributed by atoms with E-state index < -0.39 is 0 Å². The normalized spacial score (nSPS) is 27.3. The zero-order valence-corrected chi connectivity index (χ0v) is 10.1. The Morgan fingerprint density at radius 1 is 1.53 bits per heavy atom. The summed E-state index contributed by atoms with van der Waals surface area (Å²) in [6.45, 7) is 4.50. The van der Waals surface area contributed by atoms with Crippen LogP contribution >= 0.6 is 11.3 Å². The number of carbonyl (C=O) groups excluding carboxylic acids is 1. The van der Waals surface area contributed by atoms with Gasteiger partial charge in [0.1, 0.15) is 5.78 Å². The van der Waals surface area contributed by atoms with E-state index in [1.807, 2.05) is 11.6 Å². The van der Waals surface area contributed by atoms with E-state index in [-0.39, 0.29) is 0 Å². The molecule has 0 bridgehead atoms. The van der Waals surface area contributed by atoms with Gasteiger partial charge in [-0.1, -0.05) is 13.8 Å². The van der Waals surface area contributed by atoms with Gasteiger partial charge in [-0.2, -0.15) is 0 Å². The fourth-order valence-electron chi connectivity index (χ4n) is 2.51. The van der Waals surface area contributed by atoms with E-state index in [1.54, 1.807) is 11.3 Å². The zero-order valence-electron chi connectivity index (χ0n) is 9.27. The molecule has 1 aromatic rings. The van der Waals surface area contributed by atoms with Gasteiger partial charge in [0.25, 0.3) is 0 Å². The molecule has 0 radical (unpaired) electrons. The summed E-state index contributed by atoms with van der Waals surface area (Å²) in [6, 6.07) is 0. The molecule has 1 aromatic heterocycles. The number of hydrogen-bond donors (Lipinski definition) is 0. The van der Waals surface area contributed by atoms with Crippen LogP contribution < -0.4 is 0 Å². The molecule has 82 valence electrons. The van der Waals surface area contributed by atoms with E-state index in [1.165, 1.54) is 0 Å². The number of rotatable bonds is 2. The average Bonchev–Trinajstić information content (AvgIpc) is 2.69. The van der Waals surface area contributed by atoms with Gasteiger partial charge in [0.2, 0.25) is 0 Å². The molecule has 0 aliphatic heterocycles. The average molecular weight is 223 g/mol. The second-order valence-corrected chi connectivity index (χ2v) is 5.59. The molecule has 0 amide bonds. The molecule has 2 unspecified atom stereocenters. The summed E-state index contributed by atoms with van der Waals surface area (Å²) in [6.07, 6.45) is 4.36. The first kappa shape index (κ1) is 10.8. The van der Waals surface area contributed by atoms with Crippen molar-refractivity contribution in [3.63, 3.8) is 0 Å². The van der Waals surface area contributed by atoms with Gasteiger partial charge in [0.05, 0.1) is 5.01 Å². The van der Waals surface area contributed by atoms with Gasteiger partial charge in [0, 0.05) is 30.3 Å². The van der Waals surface area contributed by atoms with E-state index in [2.05, 4.69) is 18.8 Å². The van der Waals surface area contributed by atoms with Crippen LogP contribution in [0.4, 0.5) is 0 Å². The molecule has 2 rings (SSSR count). The van der Waals surface area contributed by atoms with E-state index in [0.29, 0.717) is 30.0 Å². The third-order valence-corrected chi connectivity index (χ3v) is 4.25. The Hall–Kier alpha value is -0.700. The van der Waals surface area contributed by atoms with E-state index in [4.69, 9.17) is 0 Å². The molecule has 0 N–H and O–H groups in total. The number of thiazole rings is 1. The maximum atomic E-state index is 11.5. The molecule has 1 aliphatic carbocycles. The highest BCUT2D eigenvalue weighted by Crippen LogP contribution is 2.40. The minimum atomic E-state index is 0.381. The number of Topliss-reactive ketones (excluding diaryl/α,β-unsaturated/α-hetero) is 1. The van der Waals surface area contributed by atoms with Gasteiger partial charge in [-0.25, -0.2) is 4.98 Å². The number of hydrogen-bond acceptors (Lipinski definition) is 3. The van der Waals surface area contributed by atoms with Crippen LogP contribution in [-0.4, -0.2) is 10.8 Å². The molecule has 2 nitrogen and oxygen atoms in total. The van der Waals surface area contributed by atoms with Gasteiger partial charge >= 0.3 is 0 Å². The maximum Gasteiger partial charge on any atom is 0.133 e. The van der Waals surface area contributed by atoms with Gasteiger partial charge in [0.15, 0.2) is 0 Å². The molecule has 1 heterocycles. The first-order valence-corrected chi connectivity index (χ1v) is 6.47. The monoisotopic (exact) mass is 223 g/mol. The highest BCUT2D eigenvalue weighted by Gasteiger charge is 2.33. The largest absolute Gasteiger partial charge is 0.300 e. The summed E-state index contributed by atoms with van der Waals surface area (Å²) >= 11 is 1.69. The lowest BCUT2D eigenvalue weighted by atomic mass is 9.73. The van der Waals surface area contributed by atoms with Gasteiger partial charge in [-0.15, -0.1) is 11.3 Å². The molecule has 15 heavy (non-hydrogen) atoms. The summed E-state index contributed by atoms with van der Waals surface area (Å²) in [5, 5.41) is 3.16. The summed E-state index contributed by atoms with van der Waals surface area (Å²) in [5.74, 6) is 2.07. The van der Waals surface area contributed by atoms with Crippen molar-refractivity contribution < 1.29 is 4.79 Å². The molecule has 2 atom stereocenters. The van der Waals surface area contributed by atoms with Crippen LogP contribution in [0.25, 0.3) is 0 Å². The number of ketones is 1. The Balaban J connectivity index is 2.20. The second kappa shape index (κ2) is 4.44. The molecule has 3 heteroatoms. The van der Waals surface area contributed by atoms with Crippen molar-refractivity contribution in [2.45, 2.75) is 39.0 Å². The Kier molecular flexibility index (Phi) is 3.19. The van der Waals surface area contributed by atoms with Crippen LogP contribution in [0, 0.1) is 11.8 Å². The third kappa shape index (κ3) is 2.28.